The Morgan fingerprint density at radius 2 is 1.81 bits per heavy atom. The first-order valence-electron chi connectivity index (χ1n) is 5.07. The van der Waals surface area contributed by atoms with Crippen LogP contribution in [0.4, 0.5) is 4.79 Å². The van der Waals surface area contributed by atoms with Crippen LogP contribution in [0.15, 0.2) is 0 Å². The first-order chi connectivity index (χ1) is 7.10. The van der Waals surface area contributed by atoms with Crippen molar-refractivity contribution in [1.29, 1.82) is 0 Å². The van der Waals surface area contributed by atoms with E-state index in [0.717, 1.165) is 0 Å². The van der Waals surface area contributed by atoms with Crippen molar-refractivity contribution < 1.29 is 24.5 Å². The van der Waals surface area contributed by atoms with Gasteiger partial charge in [0.05, 0.1) is 0 Å². The van der Waals surface area contributed by atoms with Crippen LogP contribution in [0.2, 0.25) is 0 Å². The van der Waals surface area contributed by atoms with E-state index in [4.69, 9.17) is 9.84 Å². The number of aliphatic hydroxyl groups is 1. The lowest BCUT2D eigenvalue weighted by Gasteiger charge is -2.26. The summed E-state index contributed by atoms with van der Waals surface area (Å²) >= 11 is 0. The fraction of sp³-hybridized carbons (Fsp3) is 0.800. The van der Waals surface area contributed by atoms with Gasteiger partial charge in [-0.2, -0.15) is 0 Å². The lowest BCUT2D eigenvalue weighted by atomic mass is 10.1. The molecule has 16 heavy (non-hydrogen) atoms. The number of amides is 1. The van der Waals surface area contributed by atoms with Crippen LogP contribution in [0.3, 0.4) is 0 Å². The van der Waals surface area contributed by atoms with Crippen molar-refractivity contribution in [3.05, 3.63) is 0 Å². The molecule has 0 aliphatic rings. The molecule has 6 heteroatoms. The molecule has 0 aromatic rings. The number of alkyl carbamates (subject to hydrolysis) is 1. The number of hydrogen-bond acceptors (Lipinski definition) is 4. The molecule has 0 aliphatic carbocycles. The second kappa shape index (κ2) is 5.16. The summed E-state index contributed by atoms with van der Waals surface area (Å²) in [5.74, 6) is -1.50. The molecule has 94 valence electrons. The highest BCUT2D eigenvalue weighted by molar-refractivity contribution is 5.82. The molecule has 0 spiro atoms. The molecule has 0 fully saturated rings. The molecule has 0 heterocycles. The molecule has 0 saturated carbocycles. The van der Waals surface area contributed by atoms with E-state index in [0.29, 0.717) is 6.42 Å². The first-order valence-corrected chi connectivity index (χ1v) is 5.07. The number of carbonyl (C=O) groups excluding carboxylic acids is 1. The Morgan fingerprint density at radius 3 is 2.12 bits per heavy atom. The van der Waals surface area contributed by atoms with Gasteiger partial charge < -0.3 is 14.9 Å². The monoisotopic (exact) mass is 233 g/mol. The molecule has 0 aliphatic heterocycles. The van der Waals surface area contributed by atoms with Crippen LogP contribution in [0, 0.1) is 0 Å². The maximum Gasteiger partial charge on any atom is 0.410 e. The molecule has 0 saturated heterocycles. The Bertz CT molecular complexity index is 271. The summed E-state index contributed by atoms with van der Waals surface area (Å²) in [4.78, 5) is 22.1. The van der Waals surface area contributed by atoms with Crippen LogP contribution in [-0.2, 0) is 9.53 Å². The molecule has 1 atom stereocenters. The van der Waals surface area contributed by atoms with Crippen molar-refractivity contribution in [1.82, 2.24) is 5.32 Å². The van der Waals surface area contributed by atoms with Crippen LogP contribution >= 0.6 is 0 Å². The van der Waals surface area contributed by atoms with Gasteiger partial charge in [-0.25, -0.2) is 9.59 Å². The normalized spacial score (nSPS) is 15.1. The summed E-state index contributed by atoms with van der Waals surface area (Å²) in [7, 11) is 0. The Kier molecular flexibility index (Phi) is 4.74. The summed E-state index contributed by atoms with van der Waals surface area (Å²) in [6.45, 7) is 6.63. The van der Waals surface area contributed by atoms with E-state index in [-0.39, 0.29) is 6.42 Å². The predicted molar refractivity (Wildman–Crippen MR) is 56.9 cm³/mol. The number of carboxylic acids is 1. The lowest BCUT2D eigenvalue weighted by molar-refractivity contribution is -0.162. The van der Waals surface area contributed by atoms with Crippen molar-refractivity contribution in [2.75, 3.05) is 0 Å². The smallest absolute Gasteiger partial charge is 0.410 e. The van der Waals surface area contributed by atoms with Crippen LogP contribution < -0.4 is 5.32 Å². The molecular formula is C10H19NO5. The SMILES string of the molecule is CCCC(O)(NC(=O)OC(C)(C)C)C(=O)O. The third-order valence-corrected chi connectivity index (χ3v) is 1.67. The Balaban J connectivity index is 4.53. The van der Waals surface area contributed by atoms with E-state index >= 15 is 0 Å². The maximum absolute atomic E-state index is 11.3. The van der Waals surface area contributed by atoms with Crippen molar-refractivity contribution in [3.8, 4) is 0 Å². The lowest BCUT2D eigenvalue weighted by Crippen LogP contribution is -2.55. The van der Waals surface area contributed by atoms with Gasteiger partial charge in [-0.15, -0.1) is 0 Å². The second-order valence-electron chi connectivity index (χ2n) is 4.54. The molecule has 0 bridgehead atoms. The van der Waals surface area contributed by atoms with E-state index in [1.807, 2.05) is 5.32 Å². The highest BCUT2D eigenvalue weighted by Crippen LogP contribution is 2.12. The number of carboxylic acid groups (broad SMARTS) is 1. The summed E-state index contributed by atoms with van der Waals surface area (Å²) in [5, 5.41) is 20.4. The van der Waals surface area contributed by atoms with Gasteiger partial charge in [0.25, 0.3) is 0 Å². The predicted octanol–water partition coefficient (Wildman–Crippen LogP) is 1.08. The third-order valence-electron chi connectivity index (χ3n) is 1.67. The first kappa shape index (κ1) is 14.7. The molecule has 3 N–H and O–H groups in total. The molecule has 6 nitrogen and oxygen atoms in total. The number of carbonyl (C=O) groups is 2. The highest BCUT2D eigenvalue weighted by atomic mass is 16.6. The van der Waals surface area contributed by atoms with E-state index in [1.165, 1.54) is 0 Å². The van der Waals surface area contributed by atoms with Gasteiger partial charge in [0.2, 0.25) is 5.72 Å². The number of hydrogen-bond donors (Lipinski definition) is 3. The van der Waals surface area contributed by atoms with Crippen molar-refractivity contribution >= 4 is 12.1 Å². The average molecular weight is 233 g/mol. The third kappa shape index (κ3) is 4.97. The number of nitrogens with one attached hydrogen (secondary N) is 1. The molecule has 1 unspecified atom stereocenters. The minimum absolute atomic E-state index is 0.0818. The summed E-state index contributed by atoms with van der Waals surface area (Å²) in [6.07, 6.45) is -0.619. The van der Waals surface area contributed by atoms with Crippen molar-refractivity contribution in [2.24, 2.45) is 0 Å². The molecule has 0 rings (SSSR count). The fourth-order valence-electron chi connectivity index (χ4n) is 1.06. The zero-order valence-electron chi connectivity index (χ0n) is 10.0. The molecule has 1 amide bonds. The van der Waals surface area contributed by atoms with Gasteiger partial charge >= 0.3 is 12.1 Å². The number of ether oxygens (including phenoxy) is 1. The van der Waals surface area contributed by atoms with Gasteiger partial charge in [-0.1, -0.05) is 13.3 Å². The maximum atomic E-state index is 11.3. The van der Waals surface area contributed by atoms with Gasteiger partial charge in [0, 0.05) is 6.42 Å². The van der Waals surface area contributed by atoms with Crippen molar-refractivity contribution in [2.45, 2.75) is 51.9 Å². The van der Waals surface area contributed by atoms with Crippen LogP contribution in [0.25, 0.3) is 0 Å². The summed E-state index contributed by atoms with van der Waals surface area (Å²) in [5.41, 5.74) is -3.01. The summed E-state index contributed by atoms with van der Waals surface area (Å²) < 4.78 is 4.86. The Hall–Kier alpha value is -1.30. The van der Waals surface area contributed by atoms with Crippen LogP contribution in [0.5, 0.6) is 0 Å². The van der Waals surface area contributed by atoms with Gasteiger partial charge in [-0.05, 0) is 20.8 Å². The molecule has 0 radical (unpaired) electrons. The standard InChI is InChI=1S/C10H19NO5/c1-5-6-10(15,7(12)13)11-8(14)16-9(2,3)4/h15H,5-6H2,1-4H3,(H,11,14)(H,12,13). The van der Waals surface area contributed by atoms with E-state index in [9.17, 15) is 14.7 Å². The zero-order chi connectivity index (χ0) is 13.0. The van der Waals surface area contributed by atoms with E-state index < -0.39 is 23.4 Å². The van der Waals surface area contributed by atoms with Gasteiger partial charge in [0.15, 0.2) is 0 Å². The quantitative estimate of drug-likeness (QED) is 0.631. The number of aliphatic carboxylic acids is 1. The van der Waals surface area contributed by atoms with E-state index in [1.54, 1.807) is 27.7 Å². The van der Waals surface area contributed by atoms with Crippen molar-refractivity contribution in [3.63, 3.8) is 0 Å². The minimum atomic E-state index is -2.27. The number of rotatable bonds is 4. The zero-order valence-corrected chi connectivity index (χ0v) is 10.0. The Labute approximate surface area is 94.6 Å². The highest BCUT2D eigenvalue weighted by Gasteiger charge is 2.38. The average Bonchev–Trinajstić information content (AvgIpc) is 1.99. The molecule has 0 aromatic carbocycles. The van der Waals surface area contributed by atoms with Gasteiger partial charge in [0.1, 0.15) is 5.60 Å². The van der Waals surface area contributed by atoms with Crippen LogP contribution in [-0.4, -0.2) is 33.6 Å². The largest absolute Gasteiger partial charge is 0.478 e. The minimum Gasteiger partial charge on any atom is -0.478 e. The van der Waals surface area contributed by atoms with Gasteiger partial charge in [-0.3, -0.25) is 5.32 Å². The Morgan fingerprint density at radius 1 is 1.31 bits per heavy atom. The topological polar surface area (TPSA) is 95.9 Å². The van der Waals surface area contributed by atoms with Crippen LogP contribution in [0.1, 0.15) is 40.5 Å². The second-order valence-corrected chi connectivity index (χ2v) is 4.54. The fourth-order valence-corrected chi connectivity index (χ4v) is 1.06. The molecule has 0 aromatic heterocycles. The van der Waals surface area contributed by atoms with E-state index in [2.05, 4.69) is 0 Å². The summed E-state index contributed by atoms with van der Waals surface area (Å²) in [6, 6.07) is 0. The molecular weight excluding hydrogens is 214 g/mol.